The first-order valence-electron chi connectivity index (χ1n) is 7.18. The van der Waals surface area contributed by atoms with Crippen LogP contribution in [0.1, 0.15) is 36.0 Å². The molecule has 0 aliphatic heterocycles. The molecule has 2 rings (SSSR count). The summed E-state index contributed by atoms with van der Waals surface area (Å²) in [5, 5.41) is 3.37. The lowest BCUT2D eigenvalue weighted by molar-refractivity contribution is -0.140. The van der Waals surface area contributed by atoms with Crippen molar-refractivity contribution in [1.29, 1.82) is 0 Å². The van der Waals surface area contributed by atoms with Gasteiger partial charge in [0.1, 0.15) is 0 Å². The third-order valence-electron chi connectivity index (χ3n) is 3.72. The molecule has 0 amide bonds. The van der Waals surface area contributed by atoms with Gasteiger partial charge in [0.2, 0.25) is 0 Å². The molecule has 19 heavy (non-hydrogen) atoms. The number of benzene rings is 1. The summed E-state index contributed by atoms with van der Waals surface area (Å²) < 4.78 is 4.60. The number of carbonyl (C=O) groups is 1. The second kappa shape index (κ2) is 7.29. The zero-order valence-electron chi connectivity index (χ0n) is 11.7. The summed E-state index contributed by atoms with van der Waals surface area (Å²) in [5.74, 6) is -0.125. The van der Waals surface area contributed by atoms with E-state index in [0.29, 0.717) is 6.42 Å². The highest BCUT2D eigenvalue weighted by Gasteiger charge is 2.10. The van der Waals surface area contributed by atoms with Crippen LogP contribution in [0.3, 0.4) is 0 Å². The van der Waals surface area contributed by atoms with Crippen molar-refractivity contribution in [1.82, 2.24) is 5.32 Å². The third kappa shape index (κ3) is 4.35. The fourth-order valence-electron chi connectivity index (χ4n) is 2.60. The van der Waals surface area contributed by atoms with Crippen molar-refractivity contribution in [3.63, 3.8) is 0 Å². The van der Waals surface area contributed by atoms with Crippen molar-refractivity contribution in [2.75, 3.05) is 20.2 Å². The molecule has 1 aromatic carbocycles. The quantitative estimate of drug-likeness (QED) is 0.604. The van der Waals surface area contributed by atoms with Crippen LogP contribution in [-0.4, -0.2) is 26.2 Å². The third-order valence-corrected chi connectivity index (χ3v) is 3.72. The normalized spacial score (nSPS) is 13.3. The van der Waals surface area contributed by atoms with Gasteiger partial charge in [-0.1, -0.05) is 18.2 Å². The number of methoxy groups -OCH3 is 1. The van der Waals surface area contributed by atoms with Crippen LogP contribution in [0.15, 0.2) is 18.2 Å². The van der Waals surface area contributed by atoms with Gasteiger partial charge >= 0.3 is 5.97 Å². The molecule has 0 aromatic heterocycles. The fraction of sp³-hybridized carbons (Fsp3) is 0.562. The van der Waals surface area contributed by atoms with E-state index in [1.807, 2.05) is 0 Å². The molecule has 1 aliphatic carbocycles. The van der Waals surface area contributed by atoms with Crippen LogP contribution in [0.5, 0.6) is 0 Å². The maximum atomic E-state index is 10.9. The van der Waals surface area contributed by atoms with E-state index in [2.05, 4.69) is 28.3 Å². The van der Waals surface area contributed by atoms with Gasteiger partial charge in [0, 0.05) is 6.42 Å². The molecule has 0 radical (unpaired) electrons. The molecule has 0 atom stereocenters. The Bertz CT molecular complexity index is 429. The zero-order chi connectivity index (χ0) is 13.5. The Morgan fingerprint density at radius 3 is 2.95 bits per heavy atom. The van der Waals surface area contributed by atoms with Gasteiger partial charge in [-0.15, -0.1) is 0 Å². The number of nitrogens with one attached hydrogen (secondary N) is 1. The molecule has 0 heterocycles. The summed E-state index contributed by atoms with van der Waals surface area (Å²) in [4.78, 5) is 10.9. The Labute approximate surface area is 115 Å². The van der Waals surface area contributed by atoms with Gasteiger partial charge in [-0.2, -0.15) is 0 Å². The number of rotatable bonds is 7. The van der Waals surface area contributed by atoms with Crippen LogP contribution in [0.2, 0.25) is 0 Å². The van der Waals surface area contributed by atoms with Crippen molar-refractivity contribution < 1.29 is 9.53 Å². The van der Waals surface area contributed by atoms with Crippen LogP contribution in [0.4, 0.5) is 0 Å². The number of hydrogen-bond acceptors (Lipinski definition) is 3. The number of aryl methyl sites for hydroxylation is 2. The molecule has 0 saturated heterocycles. The number of fused-ring (bicyclic) bond motifs is 1. The monoisotopic (exact) mass is 261 g/mol. The highest BCUT2D eigenvalue weighted by atomic mass is 16.5. The number of esters is 1. The Morgan fingerprint density at radius 1 is 1.26 bits per heavy atom. The number of ether oxygens (including phenoxy) is 1. The first kappa shape index (κ1) is 14.1. The average molecular weight is 261 g/mol. The van der Waals surface area contributed by atoms with E-state index in [1.165, 1.54) is 37.5 Å². The molecule has 0 fully saturated rings. The average Bonchev–Trinajstić information content (AvgIpc) is 2.89. The minimum atomic E-state index is -0.125. The second-order valence-corrected chi connectivity index (χ2v) is 5.14. The Hall–Kier alpha value is -1.35. The number of hydrogen-bond donors (Lipinski definition) is 1. The molecule has 1 aromatic rings. The molecule has 0 spiro atoms. The predicted octanol–water partition coefficient (Wildman–Crippen LogP) is 2.26. The largest absolute Gasteiger partial charge is 0.469 e. The van der Waals surface area contributed by atoms with Gasteiger partial charge < -0.3 is 10.1 Å². The molecular weight excluding hydrogens is 238 g/mol. The summed E-state index contributed by atoms with van der Waals surface area (Å²) in [6, 6.07) is 6.90. The molecule has 0 bridgehead atoms. The molecule has 1 aliphatic rings. The summed E-state index contributed by atoms with van der Waals surface area (Å²) in [7, 11) is 1.43. The zero-order valence-corrected chi connectivity index (χ0v) is 11.7. The second-order valence-electron chi connectivity index (χ2n) is 5.14. The summed E-state index contributed by atoms with van der Waals surface area (Å²) in [6.45, 7) is 1.85. The molecule has 104 valence electrons. The molecule has 3 heteroatoms. The van der Waals surface area contributed by atoms with Crippen molar-refractivity contribution in [2.24, 2.45) is 0 Å². The van der Waals surface area contributed by atoms with Crippen molar-refractivity contribution >= 4 is 5.97 Å². The predicted molar refractivity (Wildman–Crippen MR) is 76.3 cm³/mol. The first-order chi connectivity index (χ1) is 9.29. The summed E-state index contributed by atoms with van der Waals surface area (Å²) >= 11 is 0. The SMILES string of the molecule is COC(=O)CCCNCCc1ccc2c(c1)CCC2. The molecule has 0 saturated carbocycles. The van der Waals surface area contributed by atoms with Crippen molar-refractivity contribution in [3.8, 4) is 0 Å². The Morgan fingerprint density at radius 2 is 2.11 bits per heavy atom. The van der Waals surface area contributed by atoms with Gasteiger partial charge in [0.25, 0.3) is 0 Å². The maximum Gasteiger partial charge on any atom is 0.305 e. The van der Waals surface area contributed by atoms with Gasteiger partial charge in [-0.05, 0) is 61.9 Å². The summed E-state index contributed by atoms with van der Waals surface area (Å²) in [6.07, 6.45) is 6.21. The molecule has 1 N–H and O–H groups in total. The lowest BCUT2D eigenvalue weighted by Crippen LogP contribution is -2.19. The topological polar surface area (TPSA) is 38.3 Å². The van der Waals surface area contributed by atoms with Gasteiger partial charge in [-0.3, -0.25) is 4.79 Å². The smallest absolute Gasteiger partial charge is 0.305 e. The highest BCUT2D eigenvalue weighted by Crippen LogP contribution is 2.22. The van der Waals surface area contributed by atoms with Gasteiger partial charge in [0.15, 0.2) is 0 Å². The van der Waals surface area contributed by atoms with E-state index in [-0.39, 0.29) is 5.97 Å². The minimum Gasteiger partial charge on any atom is -0.469 e. The van der Waals surface area contributed by atoms with Gasteiger partial charge in [-0.25, -0.2) is 0 Å². The van der Waals surface area contributed by atoms with Crippen LogP contribution in [-0.2, 0) is 28.8 Å². The van der Waals surface area contributed by atoms with Crippen LogP contribution in [0.25, 0.3) is 0 Å². The van der Waals surface area contributed by atoms with E-state index in [4.69, 9.17) is 0 Å². The van der Waals surface area contributed by atoms with Crippen LogP contribution < -0.4 is 5.32 Å². The Kier molecular flexibility index (Phi) is 5.40. The van der Waals surface area contributed by atoms with Crippen molar-refractivity contribution in [3.05, 3.63) is 34.9 Å². The maximum absolute atomic E-state index is 10.9. The van der Waals surface area contributed by atoms with E-state index in [9.17, 15) is 4.79 Å². The van der Waals surface area contributed by atoms with E-state index >= 15 is 0 Å². The molecular formula is C16H23NO2. The van der Waals surface area contributed by atoms with Crippen molar-refractivity contribution in [2.45, 2.75) is 38.5 Å². The fourth-order valence-corrected chi connectivity index (χ4v) is 2.60. The minimum absolute atomic E-state index is 0.125. The van der Waals surface area contributed by atoms with E-state index in [0.717, 1.165) is 25.9 Å². The molecule has 0 unspecified atom stereocenters. The number of carbonyl (C=O) groups excluding carboxylic acids is 1. The van der Waals surface area contributed by atoms with Gasteiger partial charge in [0.05, 0.1) is 7.11 Å². The first-order valence-corrected chi connectivity index (χ1v) is 7.18. The lowest BCUT2D eigenvalue weighted by Gasteiger charge is -2.06. The molecule has 3 nitrogen and oxygen atoms in total. The lowest BCUT2D eigenvalue weighted by atomic mass is 10.0. The Balaban J connectivity index is 1.62. The summed E-state index contributed by atoms with van der Waals surface area (Å²) in [5.41, 5.74) is 4.50. The van der Waals surface area contributed by atoms with E-state index in [1.54, 1.807) is 5.56 Å². The van der Waals surface area contributed by atoms with Crippen LogP contribution >= 0.6 is 0 Å². The standard InChI is InChI=1S/C16H23NO2/c1-19-16(18)6-3-10-17-11-9-13-7-8-14-4-2-5-15(14)12-13/h7-8,12,17H,2-6,9-11H2,1H3. The van der Waals surface area contributed by atoms with E-state index < -0.39 is 0 Å². The highest BCUT2D eigenvalue weighted by molar-refractivity contribution is 5.69. The van der Waals surface area contributed by atoms with Crippen LogP contribution in [0, 0.1) is 0 Å².